The zero-order chi connectivity index (χ0) is 18.5. The van der Waals surface area contributed by atoms with Crippen LogP contribution in [0.1, 0.15) is 51.1 Å². The fourth-order valence-electron chi connectivity index (χ4n) is 3.04. The lowest BCUT2D eigenvalue weighted by molar-refractivity contribution is -0.142. The monoisotopic (exact) mass is 414 g/mol. The summed E-state index contributed by atoms with van der Waals surface area (Å²) in [6.07, 6.45) is 3.28. The van der Waals surface area contributed by atoms with Crippen molar-refractivity contribution in [1.82, 2.24) is 0 Å². The van der Waals surface area contributed by atoms with Gasteiger partial charge < -0.3 is 4.74 Å². The molecule has 0 heterocycles. The van der Waals surface area contributed by atoms with E-state index in [9.17, 15) is 14.4 Å². The van der Waals surface area contributed by atoms with E-state index in [1.807, 2.05) is 18.2 Å². The van der Waals surface area contributed by atoms with Crippen LogP contribution < -0.4 is 0 Å². The van der Waals surface area contributed by atoms with E-state index in [0.717, 1.165) is 23.7 Å². The van der Waals surface area contributed by atoms with Crippen LogP contribution in [0.5, 0.6) is 0 Å². The molecule has 0 N–H and O–H groups in total. The third-order valence-corrected chi connectivity index (χ3v) is 5.04. The zero-order valence-corrected chi connectivity index (χ0v) is 15.9. The second-order valence-electron chi connectivity index (χ2n) is 6.35. The van der Waals surface area contributed by atoms with Crippen molar-refractivity contribution in [3.8, 4) is 0 Å². The summed E-state index contributed by atoms with van der Waals surface area (Å²) in [4.78, 5) is 36.1. The number of aryl methyl sites for hydroxylation is 2. The lowest BCUT2D eigenvalue weighted by atomic mass is 10.0. The molecule has 4 nitrogen and oxygen atoms in total. The summed E-state index contributed by atoms with van der Waals surface area (Å²) in [6, 6.07) is 12.6. The third kappa shape index (κ3) is 4.67. The molecule has 1 aliphatic rings. The Labute approximate surface area is 160 Å². The Morgan fingerprint density at radius 2 is 1.54 bits per heavy atom. The lowest BCUT2D eigenvalue weighted by Crippen LogP contribution is -2.15. The van der Waals surface area contributed by atoms with E-state index in [-0.39, 0.29) is 31.0 Å². The fraction of sp³-hybridized carbons (Fsp3) is 0.286. The topological polar surface area (TPSA) is 60.4 Å². The molecule has 3 rings (SSSR count). The number of carbonyl (C=O) groups excluding carboxylic acids is 3. The first-order valence-electron chi connectivity index (χ1n) is 8.62. The first-order chi connectivity index (χ1) is 12.5. The number of hydrogen-bond acceptors (Lipinski definition) is 4. The number of hydrogen-bond donors (Lipinski definition) is 0. The molecule has 0 atom stereocenters. The van der Waals surface area contributed by atoms with Crippen molar-refractivity contribution in [1.29, 1.82) is 0 Å². The van der Waals surface area contributed by atoms with Crippen LogP contribution in [0.2, 0.25) is 0 Å². The Bertz CT molecular complexity index is 840. The van der Waals surface area contributed by atoms with E-state index in [4.69, 9.17) is 4.74 Å². The maximum atomic E-state index is 12.3. The molecule has 0 fully saturated rings. The standard InChI is InChI=1S/C21H19BrO4/c22-18-8-6-15(7-9-18)20(24)13-26-21(25)11-10-19(23)17-5-4-14-2-1-3-16(14)12-17/h4-9,12H,1-3,10-11,13H2. The van der Waals surface area contributed by atoms with Crippen LogP contribution >= 0.6 is 15.9 Å². The summed E-state index contributed by atoms with van der Waals surface area (Å²) in [6.45, 7) is -0.312. The van der Waals surface area contributed by atoms with Crippen molar-refractivity contribution in [2.45, 2.75) is 32.1 Å². The molecule has 2 aromatic carbocycles. The van der Waals surface area contributed by atoms with E-state index < -0.39 is 5.97 Å². The van der Waals surface area contributed by atoms with Crippen LogP contribution in [0, 0.1) is 0 Å². The Kier molecular flexibility index (Phi) is 5.99. The summed E-state index contributed by atoms with van der Waals surface area (Å²) in [5, 5.41) is 0. The highest BCUT2D eigenvalue weighted by molar-refractivity contribution is 9.10. The van der Waals surface area contributed by atoms with Gasteiger partial charge in [0.05, 0.1) is 6.42 Å². The highest BCUT2D eigenvalue weighted by Gasteiger charge is 2.16. The first-order valence-corrected chi connectivity index (χ1v) is 9.41. The van der Waals surface area contributed by atoms with Crippen molar-refractivity contribution < 1.29 is 19.1 Å². The number of fused-ring (bicyclic) bond motifs is 1. The van der Waals surface area contributed by atoms with Crippen molar-refractivity contribution in [3.05, 3.63) is 69.2 Å². The smallest absolute Gasteiger partial charge is 0.306 e. The van der Waals surface area contributed by atoms with Gasteiger partial charge in [0.1, 0.15) is 0 Å². The summed E-state index contributed by atoms with van der Waals surface area (Å²) >= 11 is 3.30. The summed E-state index contributed by atoms with van der Waals surface area (Å²) in [5.41, 5.74) is 3.67. The minimum Gasteiger partial charge on any atom is -0.457 e. The minimum atomic E-state index is -0.537. The fourth-order valence-corrected chi connectivity index (χ4v) is 3.31. The van der Waals surface area contributed by atoms with Gasteiger partial charge in [-0.1, -0.05) is 40.2 Å². The summed E-state index contributed by atoms with van der Waals surface area (Å²) in [5.74, 6) is -0.878. The molecule has 134 valence electrons. The van der Waals surface area contributed by atoms with E-state index in [2.05, 4.69) is 15.9 Å². The van der Waals surface area contributed by atoms with Crippen LogP contribution in [0.25, 0.3) is 0 Å². The molecule has 0 spiro atoms. The molecule has 0 saturated carbocycles. The quantitative estimate of drug-likeness (QED) is 0.499. The highest BCUT2D eigenvalue weighted by Crippen LogP contribution is 2.23. The van der Waals surface area contributed by atoms with E-state index >= 15 is 0 Å². The molecular weight excluding hydrogens is 396 g/mol. The second-order valence-corrected chi connectivity index (χ2v) is 7.27. The SMILES string of the molecule is O=C(CCC(=O)c1ccc2c(c1)CCC2)OCC(=O)c1ccc(Br)cc1. The number of ether oxygens (including phenoxy) is 1. The highest BCUT2D eigenvalue weighted by atomic mass is 79.9. The second kappa shape index (κ2) is 8.41. The maximum Gasteiger partial charge on any atom is 0.306 e. The van der Waals surface area contributed by atoms with Crippen molar-refractivity contribution in [3.63, 3.8) is 0 Å². The summed E-state index contributed by atoms with van der Waals surface area (Å²) in [7, 11) is 0. The number of halogens is 1. The Morgan fingerprint density at radius 3 is 2.31 bits per heavy atom. The molecule has 0 radical (unpaired) electrons. The van der Waals surface area contributed by atoms with Crippen LogP contribution in [0.3, 0.4) is 0 Å². The molecule has 0 aromatic heterocycles. The van der Waals surface area contributed by atoms with Gasteiger partial charge in [-0.3, -0.25) is 14.4 Å². The average molecular weight is 415 g/mol. The number of esters is 1. The Morgan fingerprint density at radius 1 is 0.846 bits per heavy atom. The van der Waals surface area contributed by atoms with Gasteiger partial charge in [0.15, 0.2) is 18.2 Å². The number of rotatable bonds is 7. The van der Waals surface area contributed by atoms with Crippen molar-refractivity contribution >= 4 is 33.5 Å². The first kappa shape index (κ1) is 18.5. The number of Topliss-reactive ketones (excluding diaryl/α,β-unsaturated/α-hetero) is 2. The van der Waals surface area contributed by atoms with Gasteiger partial charge in [0.2, 0.25) is 0 Å². The van der Waals surface area contributed by atoms with Gasteiger partial charge in [-0.2, -0.15) is 0 Å². The molecular formula is C21H19BrO4. The number of carbonyl (C=O) groups is 3. The molecule has 2 aromatic rings. The average Bonchev–Trinajstić information content (AvgIpc) is 3.12. The predicted molar refractivity (Wildman–Crippen MR) is 101 cm³/mol. The van der Waals surface area contributed by atoms with E-state index in [0.29, 0.717) is 11.1 Å². The maximum absolute atomic E-state index is 12.3. The van der Waals surface area contributed by atoms with Crippen LogP contribution in [0.15, 0.2) is 46.9 Å². The molecule has 0 bridgehead atoms. The van der Waals surface area contributed by atoms with Gasteiger partial charge in [0, 0.05) is 22.0 Å². The van der Waals surface area contributed by atoms with Crippen LogP contribution in [0.4, 0.5) is 0 Å². The predicted octanol–water partition coefficient (Wildman–Crippen LogP) is 4.33. The van der Waals surface area contributed by atoms with Gasteiger partial charge in [0.25, 0.3) is 0 Å². The molecule has 0 saturated heterocycles. The Balaban J connectivity index is 1.45. The molecule has 0 aliphatic heterocycles. The van der Waals surface area contributed by atoms with Gasteiger partial charge >= 0.3 is 5.97 Å². The summed E-state index contributed by atoms with van der Waals surface area (Å²) < 4.78 is 5.87. The van der Waals surface area contributed by atoms with E-state index in [1.165, 1.54) is 11.1 Å². The molecule has 0 unspecified atom stereocenters. The van der Waals surface area contributed by atoms with Crippen LogP contribution in [-0.2, 0) is 22.4 Å². The number of benzene rings is 2. The minimum absolute atomic E-state index is 0.0243. The lowest BCUT2D eigenvalue weighted by Gasteiger charge is -2.06. The Hall–Kier alpha value is -2.27. The number of ketones is 2. The zero-order valence-electron chi connectivity index (χ0n) is 14.3. The third-order valence-electron chi connectivity index (χ3n) is 4.51. The van der Waals surface area contributed by atoms with Crippen LogP contribution in [-0.4, -0.2) is 24.1 Å². The molecule has 1 aliphatic carbocycles. The molecule has 0 amide bonds. The van der Waals surface area contributed by atoms with Gasteiger partial charge in [-0.05, 0) is 48.6 Å². The largest absolute Gasteiger partial charge is 0.457 e. The normalized spacial score (nSPS) is 12.5. The van der Waals surface area contributed by atoms with Crippen molar-refractivity contribution in [2.24, 2.45) is 0 Å². The molecule has 26 heavy (non-hydrogen) atoms. The van der Waals surface area contributed by atoms with Crippen molar-refractivity contribution in [2.75, 3.05) is 6.61 Å². The molecule has 5 heteroatoms. The van der Waals surface area contributed by atoms with Gasteiger partial charge in [-0.15, -0.1) is 0 Å². The van der Waals surface area contributed by atoms with Gasteiger partial charge in [-0.25, -0.2) is 0 Å². The van der Waals surface area contributed by atoms with E-state index in [1.54, 1.807) is 24.3 Å².